The van der Waals surface area contributed by atoms with Crippen molar-refractivity contribution in [2.24, 2.45) is 0 Å². The Hall–Kier alpha value is -2.22. The summed E-state index contributed by atoms with van der Waals surface area (Å²) in [7, 11) is 0. The molecule has 190 valence electrons. The van der Waals surface area contributed by atoms with E-state index in [-0.39, 0.29) is 23.6 Å². The molecule has 8 heteroatoms. The van der Waals surface area contributed by atoms with Crippen molar-refractivity contribution in [3.63, 3.8) is 0 Å². The smallest absolute Gasteiger partial charge is 0.408 e. The zero-order chi connectivity index (χ0) is 25.3. The fourth-order valence-electron chi connectivity index (χ4n) is 3.87. The highest BCUT2D eigenvalue weighted by atomic mass is 32.1. The van der Waals surface area contributed by atoms with Crippen LogP contribution in [0.15, 0.2) is 24.3 Å². The molecule has 2 unspecified atom stereocenters. The number of thiol groups is 1. The van der Waals surface area contributed by atoms with E-state index < -0.39 is 23.8 Å². The predicted octanol–water partition coefficient (Wildman–Crippen LogP) is 4.55. The minimum Gasteiger partial charge on any atom is -0.444 e. The number of ether oxygens (including phenoxy) is 1. The van der Waals surface area contributed by atoms with Crippen molar-refractivity contribution in [2.45, 2.75) is 96.9 Å². The molecule has 0 heterocycles. The number of carbonyl (C=O) groups excluding carboxylic acids is 3. The van der Waals surface area contributed by atoms with E-state index in [2.05, 4.69) is 30.2 Å². The molecule has 0 spiro atoms. The second kappa shape index (κ2) is 13.0. The van der Waals surface area contributed by atoms with Gasteiger partial charge in [0.25, 0.3) is 0 Å². The number of hydrogen-bond acceptors (Lipinski definition) is 5. The van der Waals surface area contributed by atoms with E-state index in [0.717, 1.165) is 49.7 Å². The van der Waals surface area contributed by atoms with Gasteiger partial charge in [0.1, 0.15) is 17.7 Å². The van der Waals surface area contributed by atoms with Gasteiger partial charge in [-0.25, -0.2) is 4.79 Å². The monoisotopic (exact) mass is 491 g/mol. The molecule has 0 aliphatic heterocycles. The molecule has 1 aromatic carbocycles. The SMILES string of the molecule is CCCCCNC(=O)C(c1ccc(C)cc1)N(C(=O)C(CS)NC(=O)OC(C)(C)C)C1CCC1. The third kappa shape index (κ3) is 8.22. The van der Waals surface area contributed by atoms with E-state index in [1.54, 1.807) is 25.7 Å². The first-order valence-electron chi connectivity index (χ1n) is 12.3. The average molecular weight is 492 g/mol. The van der Waals surface area contributed by atoms with Crippen LogP contribution < -0.4 is 10.6 Å². The first-order chi connectivity index (χ1) is 16.1. The summed E-state index contributed by atoms with van der Waals surface area (Å²) in [4.78, 5) is 41.3. The summed E-state index contributed by atoms with van der Waals surface area (Å²) in [6.45, 7) is 9.96. The minimum absolute atomic E-state index is 0.0667. The highest BCUT2D eigenvalue weighted by Crippen LogP contribution is 2.34. The lowest BCUT2D eigenvalue weighted by atomic mass is 9.88. The van der Waals surface area contributed by atoms with E-state index in [9.17, 15) is 14.4 Å². The van der Waals surface area contributed by atoms with Crippen LogP contribution in [0.2, 0.25) is 0 Å². The van der Waals surface area contributed by atoms with Crippen LogP contribution >= 0.6 is 12.6 Å². The molecule has 1 fully saturated rings. The van der Waals surface area contributed by atoms with Gasteiger partial charge in [-0.1, -0.05) is 49.6 Å². The number of nitrogens with zero attached hydrogens (tertiary/aromatic N) is 1. The molecule has 0 bridgehead atoms. The summed E-state index contributed by atoms with van der Waals surface area (Å²) < 4.78 is 5.35. The Morgan fingerprint density at radius 3 is 2.29 bits per heavy atom. The molecule has 0 aromatic heterocycles. The van der Waals surface area contributed by atoms with Crippen LogP contribution in [0.3, 0.4) is 0 Å². The quantitative estimate of drug-likeness (QED) is 0.313. The van der Waals surface area contributed by atoms with E-state index in [0.29, 0.717) is 6.54 Å². The van der Waals surface area contributed by atoms with Gasteiger partial charge in [0.05, 0.1) is 0 Å². The lowest BCUT2D eigenvalue weighted by Crippen LogP contribution is -2.58. The molecule has 0 saturated heterocycles. The van der Waals surface area contributed by atoms with Crippen molar-refractivity contribution in [3.05, 3.63) is 35.4 Å². The number of nitrogens with one attached hydrogen (secondary N) is 2. The predicted molar refractivity (Wildman–Crippen MR) is 138 cm³/mol. The molecule has 2 N–H and O–H groups in total. The van der Waals surface area contributed by atoms with Crippen molar-refractivity contribution in [3.8, 4) is 0 Å². The maximum absolute atomic E-state index is 13.8. The van der Waals surface area contributed by atoms with Gasteiger partial charge in [-0.3, -0.25) is 9.59 Å². The Morgan fingerprint density at radius 1 is 1.15 bits per heavy atom. The number of alkyl carbamates (subject to hydrolysis) is 1. The molecule has 1 saturated carbocycles. The highest BCUT2D eigenvalue weighted by molar-refractivity contribution is 7.80. The van der Waals surface area contributed by atoms with Crippen molar-refractivity contribution in [1.82, 2.24) is 15.5 Å². The Balaban J connectivity index is 2.34. The van der Waals surface area contributed by atoms with Crippen LogP contribution in [0.4, 0.5) is 4.79 Å². The third-order valence-electron chi connectivity index (χ3n) is 5.89. The third-order valence-corrected chi connectivity index (χ3v) is 6.26. The largest absolute Gasteiger partial charge is 0.444 e. The van der Waals surface area contributed by atoms with Gasteiger partial charge >= 0.3 is 6.09 Å². The van der Waals surface area contributed by atoms with Gasteiger partial charge < -0.3 is 20.3 Å². The number of hydrogen-bond donors (Lipinski definition) is 3. The topological polar surface area (TPSA) is 87.7 Å². The Bertz CT molecular complexity index is 818. The average Bonchev–Trinajstić information content (AvgIpc) is 2.73. The van der Waals surface area contributed by atoms with Gasteiger partial charge in [-0.2, -0.15) is 12.6 Å². The molecular weight excluding hydrogens is 450 g/mol. The van der Waals surface area contributed by atoms with Crippen LogP contribution in [0, 0.1) is 6.92 Å². The second-order valence-corrected chi connectivity index (χ2v) is 10.4. The van der Waals surface area contributed by atoms with Crippen LogP contribution in [-0.4, -0.2) is 52.8 Å². The number of aryl methyl sites for hydroxylation is 1. The molecule has 7 nitrogen and oxygen atoms in total. The summed E-state index contributed by atoms with van der Waals surface area (Å²) in [5, 5.41) is 5.69. The van der Waals surface area contributed by atoms with Crippen molar-refractivity contribution in [1.29, 1.82) is 0 Å². The van der Waals surface area contributed by atoms with Crippen molar-refractivity contribution >= 4 is 30.5 Å². The van der Waals surface area contributed by atoms with Crippen LogP contribution in [0.1, 0.15) is 83.4 Å². The molecule has 2 rings (SSSR count). The summed E-state index contributed by atoms with van der Waals surface area (Å²) in [6, 6.07) is 5.96. The van der Waals surface area contributed by atoms with E-state index in [1.807, 2.05) is 31.2 Å². The molecule has 3 amide bonds. The van der Waals surface area contributed by atoms with Gasteiger partial charge in [-0.15, -0.1) is 0 Å². The number of benzene rings is 1. The maximum atomic E-state index is 13.8. The number of unbranched alkanes of at least 4 members (excludes halogenated alkanes) is 2. The maximum Gasteiger partial charge on any atom is 0.408 e. The van der Waals surface area contributed by atoms with Crippen LogP contribution in [0.25, 0.3) is 0 Å². The Labute approximate surface area is 209 Å². The second-order valence-electron chi connectivity index (χ2n) is 10.0. The number of rotatable bonds is 11. The lowest BCUT2D eigenvalue weighted by Gasteiger charge is -2.43. The zero-order valence-corrected chi connectivity index (χ0v) is 22.1. The fraction of sp³-hybridized carbons (Fsp3) is 0.654. The molecular formula is C26H41N3O4S. The summed E-state index contributed by atoms with van der Waals surface area (Å²) >= 11 is 4.33. The highest BCUT2D eigenvalue weighted by Gasteiger charge is 2.41. The van der Waals surface area contributed by atoms with E-state index in [1.165, 1.54) is 0 Å². The molecule has 1 aliphatic rings. The van der Waals surface area contributed by atoms with Gasteiger partial charge in [0, 0.05) is 18.3 Å². The number of amides is 3. The lowest BCUT2D eigenvalue weighted by molar-refractivity contribution is -0.147. The van der Waals surface area contributed by atoms with Crippen molar-refractivity contribution in [2.75, 3.05) is 12.3 Å². The normalized spacial score (nSPS) is 15.6. The molecule has 1 aliphatic carbocycles. The number of carbonyl (C=O) groups is 3. The summed E-state index contributed by atoms with van der Waals surface area (Å²) in [5.41, 5.74) is 1.14. The summed E-state index contributed by atoms with van der Waals surface area (Å²) in [5.74, 6) is -0.421. The first kappa shape index (κ1) is 28.0. The van der Waals surface area contributed by atoms with Crippen LogP contribution in [0.5, 0.6) is 0 Å². The standard InChI is InChI=1S/C26H41N3O4S/c1-6-7-8-16-27-23(30)22(19-14-12-18(2)13-15-19)29(20-10-9-11-20)24(31)21(17-34)28-25(32)33-26(3,4)5/h12-15,20-22,34H,6-11,16-17H2,1-5H3,(H,27,30)(H,28,32). The van der Waals surface area contributed by atoms with E-state index in [4.69, 9.17) is 4.74 Å². The molecule has 1 aromatic rings. The Morgan fingerprint density at radius 2 is 1.79 bits per heavy atom. The zero-order valence-electron chi connectivity index (χ0n) is 21.2. The molecule has 0 radical (unpaired) electrons. The Kier molecular flexibility index (Phi) is 10.7. The summed E-state index contributed by atoms with van der Waals surface area (Å²) in [6.07, 6.45) is 4.94. The fourth-order valence-corrected chi connectivity index (χ4v) is 4.12. The molecule has 34 heavy (non-hydrogen) atoms. The first-order valence-corrected chi connectivity index (χ1v) is 13.0. The van der Waals surface area contributed by atoms with E-state index >= 15 is 0 Å². The van der Waals surface area contributed by atoms with Gasteiger partial charge in [0.2, 0.25) is 11.8 Å². The van der Waals surface area contributed by atoms with Gasteiger partial charge in [0.15, 0.2) is 0 Å². The van der Waals surface area contributed by atoms with Gasteiger partial charge in [-0.05, 0) is 58.9 Å². The van der Waals surface area contributed by atoms with Crippen LogP contribution in [-0.2, 0) is 14.3 Å². The van der Waals surface area contributed by atoms with Crippen molar-refractivity contribution < 1.29 is 19.1 Å². The molecule has 2 atom stereocenters. The minimum atomic E-state index is -0.903.